The highest BCUT2D eigenvalue weighted by Gasteiger charge is 2.47. The number of thioether (sulfide) groups is 1. The van der Waals surface area contributed by atoms with Crippen molar-refractivity contribution in [2.45, 2.75) is 19.4 Å². The van der Waals surface area contributed by atoms with Gasteiger partial charge in [-0.25, -0.2) is 0 Å². The summed E-state index contributed by atoms with van der Waals surface area (Å²) in [4.78, 5) is 5.14. The third-order valence-electron chi connectivity index (χ3n) is 6.91. The average Bonchev–Trinajstić information content (AvgIpc) is 2.93. The van der Waals surface area contributed by atoms with Crippen molar-refractivity contribution in [3.8, 4) is 11.5 Å². The van der Waals surface area contributed by atoms with Crippen molar-refractivity contribution in [2.24, 2.45) is 5.73 Å². The molecule has 1 aliphatic rings. The van der Waals surface area contributed by atoms with Crippen LogP contribution in [0, 0.1) is 6.92 Å². The summed E-state index contributed by atoms with van der Waals surface area (Å²) in [5.41, 5.74) is 11.7. The van der Waals surface area contributed by atoms with Gasteiger partial charge >= 0.3 is 0 Å². The van der Waals surface area contributed by atoms with Crippen molar-refractivity contribution in [3.63, 3.8) is 0 Å². The monoisotopic (exact) mass is 547 g/mol. The molecule has 0 saturated carbocycles. The number of rotatable bonds is 10. The van der Waals surface area contributed by atoms with Crippen molar-refractivity contribution in [3.05, 3.63) is 105 Å². The molecule has 1 atom stereocenters. The minimum absolute atomic E-state index is 0.566. The van der Waals surface area contributed by atoms with Gasteiger partial charge in [-0.2, -0.15) is 0 Å². The van der Waals surface area contributed by atoms with Gasteiger partial charge in [-0.05, 0) is 62.9 Å². The Morgan fingerprint density at radius 2 is 1.87 bits per heavy atom. The number of nitrogens with two attached hydrogens (primary N) is 1. The third-order valence-corrected chi connectivity index (χ3v) is 8.39. The van der Waals surface area contributed by atoms with Crippen LogP contribution in [0.1, 0.15) is 29.2 Å². The molecule has 38 heavy (non-hydrogen) atoms. The van der Waals surface area contributed by atoms with E-state index in [0.29, 0.717) is 11.6 Å². The Balaban J connectivity index is 2.02. The van der Waals surface area contributed by atoms with Crippen molar-refractivity contribution in [1.29, 1.82) is 0 Å². The van der Waals surface area contributed by atoms with E-state index in [2.05, 4.69) is 55.7 Å². The van der Waals surface area contributed by atoms with Crippen LogP contribution in [0.2, 0.25) is 0 Å². The zero-order valence-corrected chi connectivity index (χ0v) is 24.3. The van der Waals surface area contributed by atoms with E-state index in [1.165, 1.54) is 0 Å². The van der Waals surface area contributed by atoms with E-state index in [1.54, 1.807) is 18.9 Å². The summed E-state index contributed by atoms with van der Waals surface area (Å²) in [6.07, 6.45) is 0. The van der Waals surface area contributed by atoms with Crippen LogP contribution in [0.5, 0.6) is 11.5 Å². The number of hydrogen-bond acceptors (Lipinski definition) is 6. The second-order valence-corrected chi connectivity index (χ2v) is 10.9. The molecule has 0 aliphatic carbocycles. The number of nitrogens with zero attached hydrogens (tertiary/aromatic N) is 2. The molecule has 5 nitrogen and oxygen atoms in total. The van der Waals surface area contributed by atoms with Crippen LogP contribution in [0.3, 0.4) is 0 Å². The number of hydrogen-bond donors (Lipinski definition) is 1. The third kappa shape index (κ3) is 5.10. The fraction of sp³-hybridized carbons (Fsp3) is 0.267. The van der Waals surface area contributed by atoms with Crippen LogP contribution >= 0.6 is 23.4 Å². The number of alkyl halides is 1. The van der Waals surface area contributed by atoms with Crippen LogP contribution in [-0.4, -0.2) is 45.9 Å². The maximum Gasteiger partial charge on any atom is 0.217 e. The quantitative estimate of drug-likeness (QED) is 0.259. The molecule has 3 aromatic carbocycles. The SMILES string of the molecule is BN(C)C(=C)SC1=C(N)c2ccccc2OC1(c1ccc(OC)cc1)c1ccc(N(CC)CCCl)cc1C. The van der Waals surface area contributed by atoms with Gasteiger partial charge in [0.05, 0.1) is 22.7 Å². The number of ether oxygens (including phenoxy) is 2. The van der Waals surface area contributed by atoms with Gasteiger partial charge < -0.3 is 24.9 Å². The smallest absolute Gasteiger partial charge is 0.217 e. The second-order valence-electron chi connectivity index (χ2n) is 9.41. The van der Waals surface area contributed by atoms with Gasteiger partial charge in [0, 0.05) is 41.3 Å². The normalized spacial score (nSPS) is 16.4. The lowest BCUT2D eigenvalue weighted by Crippen LogP contribution is -2.41. The molecule has 1 heterocycles. The van der Waals surface area contributed by atoms with Gasteiger partial charge in [-0.15, -0.1) is 11.6 Å². The van der Waals surface area contributed by atoms with Crippen LogP contribution in [0.4, 0.5) is 5.69 Å². The Hall–Kier alpha value is -3.16. The van der Waals surface area contributed by atoms with Gasteiger partial charge in [0.25, 0.3) is 0 Å². The number of halogens is 1. The number of aryl methyl sites for hydroxylation is 1. The van der Waals surface area contributed by atoms with Crippen LogP contribution in [0.15, 0.2) is 83.2 Å². The zero-order valence-electron chi connectivity index (χ0n) is 22.8. The van der Waals surface area contributed by atoms with Gasteiger partial charge in [0.1, 0.15) is 11.5 Å². The molecule has 3 aromatic rings. The van der Waals surface area contributed by atoms with Gasteiger partial charge in [-0.1, -0.05) is 48.7 Å². The molecule has 0 saturated heterocycles. The molecule has 1 unspecified atom stereocenters. The lowest BCUT2D eigenvalue weighted by Gasteiger charge is -2.43. The fourth-order valence-electron chi connectivity index (χ4n) is 4.80. The molecule has 0 aromatic heterocycles. The highest BCUT2D eigenvalue weighted by Crippen LogP contribution is 2.54. The molecule has 0 radical (unpaired) electrons. The Bertz CT molecular complexity index is 1350. The lowest BCUT2D eigenvalue weighted by molar-refractivity contribution is 0.155. The number of fused-ring (bicyclic) bond motifs is 1. The number of anilines is 1. The maximum atomic E-state index is 7.09. The molecule has 0 bridgehead atoms. The maximum absolute atomic E-state index is 7.09. The number of para-hydroxylation sites is 1. The van der Waals surface area contributed by atoms with E-state index in [1.807, 2.05) is 56.2 Å². The summed E-state index contributed by atoms with van der Waals surface area (Å²) >= 11 is 7.64. The summed E-state index contributed by atoms with van der Waals surface area (Å²) in [7, 11) is 5.63. The van der Waals surface area contributed by atoms with Crippen molar-refractivity contribution in [1.82, 2.24) is 4.81 Å². The summed E-state index contributed by atoms with van der Waals surface area (Å²) in [5.74, 6) is 2.08. The predicted octanol–water partition coefficient (Wildman–Crippen LogP) is 5.72. The Kier molecular flexibility index (Phi) is 8.59. The van der Waals surface area contributed by atoms with Crippen molar-refractivity contribution < 1.29 is 9.47 Å². The zero-order chi connectivity index (χ0) is 27.4. The second kappa shape index (κ2) is 11.7. The van der Waals surface area contributed by atoms with Crippen molar-refractivity contribution in [2.75, 3.05) is 38.0 Å². The molecule has 0 fully saturated rings. The van der Waals surface area contributed by atoms with Crippen LogP contribution < -0.4 is 20.1 Å². The van der Waals surface area contributed by atoms with Crippen LogP contribution in [0.25, 0.3) is 5.70 Å². The van der Waals surface area contributed by atoms with Gasteiger partial charge in [0.2, 0.25) is 7.98 Å². The van der Waals surface area contributed by atoms with Crippen molar-refractivity contribution >= 4 is 42.7 Å². The molecule has 0 amide bonds. The first-order valence-electron chi connectivity index (χ1n) is 12.7. The standard InChI is InChI=1S/C30H35BClN3O2S/c1-6-35(18-17-32)23-13-16-26(20(2)19-23)30(22-11-14-24(36-5)15-12-22)29(38-21(3)34(4)31)28(33)25-9-7-8-10-27(25)37-30/h7-16,19H,3,6,17-18,31,33H2,1-2,4-5H3. The molecular formula is C30H35BClN3O2S. The highest BCUT2D eigenvalue weighted by molar-refractivity contribution is 8.06. The van der Waals surface area contributed by atoms with E-state index in [0.717, 1.165) is 62.5 Å². The van der Waals surface area contributed by atoms with E-state index in [-0.39, 0.29) is 0 Å². The average molecular weight is 548 g/mol. The van der Waals surface area contributed by atoms with Crippen LogP contribution in [-0.2, 0) is 5.60 Å². The topological polar surface area (TPSA) is 51.0 Å². The number of methoxy groups -OCH3 is 1. The Morgan fingerprint density at radius 1 is 1.16 bits per heavy atom. The molecule has 2 N–H and O–H groups in total. The molecule has 4 rings (SSSR count). The molecule has 198 valence electrons. The molecule has 0 spiro atoms. The summed E-state index contributed by atoms with van der Waals surface area (Å²) in [5, 5.41) is 0.859. The lowest BCUT2D eigenvalue weighted by atomic mass is 9.80. The Labute approximate surface area is 236 Å². The minimum Gasteiger partial charge on any atom is -0.497 e. The van der Waals surface area contributed by atoms with Gasteiger partial charge in [-0.3, -0.25) is 0 Å². The summed E-state index contributed by atoms with van der Waals surface area (Å²) in [6, 6.07) is 22.5. The molecule has 8 heteroatoms. The summed E-state index contributed by atoms with van der Waals surface area (Å²) < 4.78 is 12.6. The summed E-state index contributed by atoms with van der Waals surface area (Å²) in [6.45, 7) is 10.2. The molecule has 1 aliphatic heterocycles. The fourth-order valence-corrected chi connectivity index (χ4v) is 6.05. The number of benzene rings is 3. The minimum atomic E-state index is -1.000. The first kappa shape index (κ1) is 27.9. The first-order valence-corrected chi connectivity index (χ1v) is 14.0. The highest BCUT2D eigenvalue weighted by atomic mass is 35.5. The van der Waals surface area contributed by atoms with E-state index in [9.17, 15) is 0 Å². The molecular weight excluding hydrogens is 513 g/mol. The predicted molar refractivity (Wildman–Crippen MR) is 165 cm³/mol. The van der Waals surface area contributed by atoms with E-state index in [4.69, 9.17) is 26.8 Å². The first-order chi connectivity index (χ1) is 18.3. The van der Waals surface area contributed by atoms with E-state index >= 15 is 0 Å². The van der Waals surface area contributed by atoms with E-state index < -0.39 is 5.60 Å². The Morgan fingerprint density at radius 3 is 2.47 bits per heavy atom. The van der Waals surface area contributed by atoms with Gasteiger partial charge in [0.15, 0.2) is 5.60 Å². The largest absolute Gasteiger partial charge is 0.497 e.